The molecule has 0 saturated carbocycles. The van der Waals surface area contributed by atoms with Gasteiger partial charge in [-0.1, -0.05) is 0 Å². The second-order valence-corrected chi connectivity index (χ2v) is 4.61. The molecule has 0 bridgehead atoms. The van der Waals surface area contributed by atoms with Gasteiger partial charge >= 0.3 is 5.97 Å². The van der Waals surface area contributed by atoms with E-state index < -0.39 is 5.97 Å². The van der Waals surface area contributed by atoms with Gasteiger partial charge in [-0.2, -0.15) is 0 Å². The molecule has 0 aliphatic rings. The first-order valence-corrected chi connectivity index (χ1v) is 6.61. The minimum absolute atomic E-state index is 0.210. The SMILES string of the molecule is COCCOCCCSc1ccc(C(=O)O)cn1. The Labute approximate surface area is 111 Å². The summed E-state index contributed by atoms with van der Waals surface area (Å²) in [5.74, 6) is -0.0579. The molecule has 1 N–H and O–H groups in total. The Bertz CT molecular complexity index is 356. The lowest BCUT2D eigenvalue weighted by atomic mass is 10.3. The van der Waals surface area contributed by atoms with Crippen molar-refractivity contribution in [2.45, 2.75) is 11.4 Å². The normalized spacial score (nSPS) is 10.5. The number of aromatic nitrogens is 1. The molecule has 1 heterocycles. The van der Waals surface area contributed by atoms with Gasteiger partial charge in [-0.05, 0) is 18.6 Å². The predicted molar refractivity (Wildman–Crippen MR) is 69.2 cm³/mol. The third-order valence-corrected chi connectivity index (χ3v) is 3.13. The molecule has 0 saturated heterocycles. The average molecular weight is 271 g/mol. The van der Waals surface area contributed by atoms with Crippen molar-refractivity contribution in [3.05, 3.63) is 23.9 Å². The van der Waals surface area contributed by atoms with Crippen LogP contribution in [0.1, 0.15) is 16.8 Å². The monoisotopic (exact) mass is 271 g/mol. The first kappa shape index (κ1) is 14.9. The van der Waals surface area contributed by atoms with E-state index in [-0.39, 0.29) is 5.56 Å². The molecule has 5 nitrogen and oxygen atoms in total. The fourth-order valence-electron chi connectivity index (χ4n) is 1.17. The van der Waals surface area contributed by atoms with Gasteiger partial charge < -0.3 is 14.6 Å². The second-order valence-electron chi connectivity index (χ2n) is 3.50. The van der Waals surface area contributed by atoms with Gasteiger partial charge in [-0.25, -0.2) is 9.78 Å². The van der Waals surface area contributed by atoms with Crippen LogP contribution >= 0.6 is 11.8 Å². The van der Waals surface area contributed by atoms with E-state index >= 15 is 0 Å². The molecule has 18 heavy (non-hydrogen) atoms. The molecule has 0 fully saturated rings. The van der Waals surface area contributed by atoms with Crippen molar-refractivity contribution < 1.29 is 19.4 Å². The minimum Gasteiger partial charge on any atom is -0.478 e. The molecule has 0 spiro atoms. The molecule has 0 aromatic carbocycles. The number of aromatic carboxylic acids is 1. The van der Waals surface area contributed by atoms with Crippen molar-refractivity contribution in [2.24, 2.45) is 0 Å². The number of ether oxygens (including phenoxy) is 2. The second kappa shape index (κ2) is 8.91. The van der Waals surface area contributed by atoms with Gasteiger partial charge in [-0.3, -0.25) is 0 Å². The van der Waals surface area contributed by atoms with Crippen LogP contribution < -0.4 is 0 Å². The lowest BCUT2D eigenvalue weighted by Gasteiger charge is -2.03. The number of carboxylic acids is 1. The van der Waals surface area contributed by atoms with Crippen molar-refractivity contribution in [1.29, 1.82) is 0 Å². The van der Waals surface area contributed by atoms with Crippen LogP contribution in [0.25, 0.3) is 0 Å². The number of hydrogen-bond donors (Lipinski definition) is 1. The maximum atomic E-state index is 10.6. The molecule has 0 atom stereocenters. The summed E-state index contributed by atoms with van der Waals surface area (Å²) in [6, 6.07) is 3.28. The summed E-state index contributed by atoms with van der Waals surface area (Å²) >= 11 is 1.59. The van der Waals surface area contributed by atoms with Crippen LogP contribution in [0.2, 0.25) is 0 Å². The highest BCUT2D eigenvalue weighted by atomic mass is 32.2. The smallest absolute Gasteiger partial charge is 0.337 e. The standard InChI is InChI=1S/C12H17NO4S/c1-16-6-7-17-5-2-8-18-11-4-3-10(9-13-11)12(14)15/h3-4,9H,2,5-8H2,1H3,(H,14,15). The van der Waals surface area contributed by atoms with Crippen molar-refractivity contribution in [1.82, 2.24) is 4.98 Å². The Kier molecular flexibility index (Phi) is 7.40. The van der Waals surface area contributed by atoms with Crippen molar-refractivity contribution in [3.63, 3.8) is 0 Å². The zero-order chi connectivity index (χ0) is 13.2. The van der Waals surface area contributed by atoms with E-state index in [9.17, 15) is 4.79 Å². The summed E-state index contributed by atoms with van der Waals surface area (Å²) in [6.45, 7) is 1.93. The maximum Gasteiger partial charge on any atom is 0.337 e. The number of pyridine rings is 1. The van der Waals surface area contributed by atoms with Gasteiger partial charge in [0, 0.05) is 25.7 Å². The molecule has 6 heteroatoms. The van der Waals surface area contributed by atoms with Gasteiger partial charge in [0.25, 0.3) is 0 Å². The molecule has 0 unspecified atom stereocenters. The number of thioether (sulfide) groups is 1. The zero-order valence-corrected chi connectivity index (χ0v) is 11.1. The zero-order valence-electron chi connectivity index (χ0n) is 10.3. The first-order chi connectivity index (χ1) is 8.74. The predicted octanol–water partition coefficient (Wildman–Crippen LogP) is 1.93. The van der Waals surface area contributed by atoms with Crippen LogP contribution in [0.5, 0.6) is 0 Å². The fourth-order valence-corrected chi connectivity index (χ4v) is 1.94. The highest BCUT2D eigenvalue weighted by molar-refractivity contribution is 7.99. The van der Waals surface area contributed by atoms with Crippen LogP contribution in [0, 0.1) is 0 Å². The van der Waals surface area contributed by atoms with Crippen LogP contribution in [0.4, 0.5) is 0 Å². The van der Waals surface area contributed by atoms with E-state index in [0.29, 0.717) is 19.8 Å². The Morgan fingerprint density at radius 1 is 1.39 bits per heavy atom. The summed E-state index contributed by atoms with van der Waals surface area (Å²) < 4.78 is 10.2. The van der Waals surface area contributed by atoms with Crippen molar-refractivity contribution >= 4 is 17.7 Å². The summed E-state index contributed by atoms with van der Waals surface area (Å²) in [5.41, 5.74) is 0.210. The number of methoxy groups -OCH3 is 1. The fraction of sp³-hybridized carbons (Fsp3) is 0.500. The first-order valence-electron chi connectivity index (χ1n) is 5.63. The Morgan fingerprint density at radius 3 is 2.83 bits per heavy atom. The van der Waals surface area contributed by atoms with Gasteiger partial charge in [0.1, 0.15) is 0 Å². The third-order valence-electron chi connectivity index (χ3n) is 2.10. The number of nitrogens with zero attached hydrogens (tertiary/aromatic N) is 1. The lowest BCUT2D eigenvalue weighted by molar-refractivity contribution is 0.0696. The maximum absolute atomic E-state index is 10.6. The van der Waals surface area contributed by atoms with E-state index in [0.717, 1.165) is 17.2 Å². The van der Waals surface area contributed by atoms with Gasteiger partial charge in [0.2, 0.25) is 0 Å². The van der Waals surface area contributed by atoms with E-state index in [2.05, 4.69) is 4.98 Å². The van der Waals surface area contributed by atoms with E-state index in [1.165, 1.54) is 6.20 Å². The van der Waals surface area contributed by atoms with Gasteiger partial charge in [0.15, 0.2) is 0 Å². The Hall–Kier alpha value is -1.11. The molecule has 100 valence electrons. The molecule has 0 aliphatic carbocycles. The van der Waals surface area contributed by atoms with Crippen molar-refractivity contribution in [3.8, 4) is 0 Å². The largest absolute Gasteiger partial charge is 0.478 e. The summed E-state index contributed by atoms with van der Waals surface area (Å²) in [7, 11) is 1.64. The summed E-state index contributed by atoms with van der Waals surface area (Å²) in [6.07, 6.45) is 2.30. The van der Waals surface area contributed by atoms with Crippen LogP contribution in [0.15, 0.2) is 23.4 Å². The molecule has 1 aromatic rings. The number of hydrogen-bond acceptors (Lipinski definition) is 5. The third kappa shape index (κ3) is 6.00. The van der Waals surface area contributed by atoms with Gasteiger partial charge in [-0.15, -0.1) is 11.8 Å². The van der Waals surface area contributed by atoms with Gasteiger partial charge in [0.05, 0.1) is 23.8 Å². The molecule has 0 aliphatic heterocycles. The highest BCUT2D eigenvalue weighted by Crippen LogP contribution is 2.16. The Morgan fingerprint density at radius 2 is 2.22 bits per heavy atom. The quantitative estimate of drug-likeness (QED) is 0.546. The van der Waals surface area contributed by atoms with E-state index in [4.69, 9.17) is 14.6 Å². The van der Waals surface area contributed by atoms with E-state index in [1.807, 2.05) is 0 Å². The summed E-state index contributed by atoms with van der Waals surface area (Å²) in [5, 5.41) is 9.55. The molecule has 0 amide bonds. The summed E-state index contributed by atoms with van der Waals surface area (Å²) in [4.78, 5) is 14.7. The molecular formula is C12H17NO4S. The molecule has 1 aromatic heterocycles. The number of rotatable bonds is 9. The molecular weight excluding hydrogens is 254 g/mol. The number of carbonyl (C=O) groups is 1. The van der Waals surface area contributed by atoms with Crippen LogP contribution in [-0.4, -0.2) is 48.7 Å². The number of carboxylic acid groups (broad SMARTS) is 1. The average Bonchev–Trinajstić information content (AvgIpc) is 2.38. The minimum atomic E-state index is -0.953. The molecule has 0 radical (unpaired) electrons. The highest BCUT2D eigenvalue weighted by Gasteiger charge is 2.02. The van der Waals surface area contributed by atoms with E-state index in [1.54, 1.807) is 31.0 Å². The van der Waals surface area contributed by atoms with Crippen molar-refractivity contribution in [2.75, 3.05) is 32.7 Å². The molecule has 1 rings (SSSR count). The Balaban J connectivity index is 2.14. The van der Waals surface area contributed by atoms with Crippen LogP contribution in [-0.2, 0) is 9.47 Å². The topological polar surface area (TPSA) is 68.7 Å². The van der Waals surface area contributed by atoms with Crippen LogP contribution in [0.3, 0.4) is 0 Å². The lowest BCUT2D eigenvalue weighted by Crippen LogP contribution is -2.03.